The molecule has 6 aliphatic rings. The number of allylic oxidation sites excluding steroid dienone is 2. The Morgan fingerprint density at radius 2 is 1.48 bits per heavy atom. The molecule has 1 saturated carbocycles. The number of benzene rings is 1. The normalized spacial score (nSPS) is 45.0. The largest absolute Gasteiger partial charge is 0.507 e. The van der Waals surface area contributed by atoms with Crippen LogP contribution in [0.15, 0.2) is 35.4 Å². The van der Waals surface area contributed by atoms with Gasteiger partial charge in [-0.25, -0.2) is 0 Å². The minimum absolute atomic E-state index is 0.0389. The number of carbonyl (C=O) groups is 3. The molecule has 0 bridgehead atoms. The van der Waals surface area contributed by atoms with E-state index in [0.717, 1.165) is 12.2 Å². The Bertz CT molecular complexity index is 1710. The van der Waals surface area contributed by atoms with E-state index in [0.29, 0.717) is 12.8 Å². The average Bonchev–Trinajstić information content (AvgIpc) is 3.06. The van der Waals surface area contributed by atoms with Crippen molar-refractivity contribution in [3.05, 3.63) is 52.1 Å². The van der Waals surface area contributed by atoms with E-state index in [1.165, 1.54) is 19.1 Å². The molecule has 3 aliphatic carbocycles. The van der Waals surface area contributed by atoms with Gasteiger partial charge in [-0.1, -0.05) is 12.1 Å². The molecular formula is C37H46O15. The summed E-state index contributed by atoms with van der Waals surface area (Å²) in [6.45, 7) is 6.42. The molecule has 284 valence electrons. The molecule has 0 spiro atoms. The van der Waals surface area contributed by atoms with Crippen molar-refractivity contribution in [3.8, 4) is 5.75 Å². The van der Waals surface area contributed by atoms with Crippen LogP contribution in [-0.4, -0.2) is 131 Å². The van der Waals surface area contributed by atoms with Gasteiger partial charge in [0.15, 0.2) is 35.5 Å². The van der Waals surface area contributed by atoms with Gasteiger partial charge in [-0.2, -0.15) is 0 Å². The number of hydrogen-bond acceptors (Lipinski definition) is 15. The monoisotopic (exact) mass is 730 g/mol. The summed E-state index contributed by atoms with van der Waals surface area (Å²) in [5, 5.41) is 76.3. The summed E-state index contributed by atoms with van der Waals surface area (Å²) >= 11 is 0. The first-order valence-electron chi connectivity index (χ1n) is 17.8. The molecule has 14 atom stereocenters. The van der Waals surface area contributed by atoms with Crippen molar-refractivity contribution < 1.29 is 73.8 Å². The van der Waals surface area contributed by atoms with Crippen molar-refractivity contribution in [2.75, 3.05) is 0 Å². The van der Waals surface area contributed by atoms with Gasteiger partial charge in [0.25, 0.3) is 0 Å². The third-order valence-corrected chi connectivity index (χ3v) is 11.5. The maximum atomic E-state index is 13.9. The van der Waals surface area contributed by atoms with Crippen molar-refractivity contribution in [1.82, 2.24) is 0 Å². The lowest BCUT2D eigenvalue weighted by Gasteiger charge is -2.51. The van der Waals surface area contributed by atoms with Crippen LogP contribution in [0.5, 0.6) is 5.75 Å². The molecule has 4 fully saturated rings. The Labute approximate surface area is 299 Å². The van der Waals surface area contributed by atoms with Gasteiger partial charge in [-0.3, -0.25) is 14.4 Å². The van der Waals surface area contributed by atoms with Crippen LogP contribution < -0.4 is 0 Å². The number of rotatable bonds is 5. The van der Waals surface area contributed by atoms with Gasteiger partial charge in [-0.05, 0) is 46.3 Å². The molecule has 0 amide bonds. The third kappa shape index (κ3) is 6.00. The number of ketones is 3. The van der Waals surface area contributed by atoms with Crippen molar-refractivity contribution in [1.29, 1.82) is 0 Å². The maximum absolute atomic E-state index is 13.9. The summed E-state index contributed by atoms with van der Waals surface area (Å²) in [7, 11) is 0. The quantitative estimate of drug-likeness (QED) is 0.219. The summed E-state index contributed by atoms with van der Waals surface area (Å²) in [5.74, 6) is -3.34. The number of Topliss-reactive ketones (excluding diaryl/α,β-unsaturated/α-hetero) is 3. The van der Waals surface area contributed by atoms with Crippen LogP contribution in [0.25, 0.3) is 0 Å². The van der Waals surface area contributed by atoms with Crippen molar-refractivity contribution in [3.63, 3.8) is 0 Å². The van der Waals surface area contributed by atoms with Gasteiger partial charge < -0.3 is 59.4 Å². The van der Waals surface area contributed by atoms with E-state index < -0.39 is 120 Å². The smallest absolute Gasteiger partial charge is 0.198 e. The second-order valence-electron chi connectivity index (χ2n) is 15.4. The van der Waals surface area contributed by atoms with Gasteiger partial charge in [0.05, 0.1) is 59.5 Å². The predicted molar refractivity (Wildman–Crippen MR) is 176 cm³/mol. The summed E-state index contributed by atoms with van der Waals surface area (Å²) < 4.78 is 30.2. The van der Waals surface area contributed by atoms with Gasteiger partial charge in [0, 0.05) is 48.8 Å². The molecule has 7 N–H and O–H groups in total. The van der Waals surface area contributed by atoms with Gasteiger partial charge in [-0.15, -0.1) is 0 Å². The zero-order chi connectivity index (χ0) is 37.7. The van der Waals surface area contributed by atoms with E-state index >= 15 is 0 Å². The lowest BCUT2D eigenvalue weighted by atomic mass is 9.57. The molecule has 15 nitrogen and oxygen atoms in total. The van der Waals surface area contributed by atoms with E-state index in [2.05, 4.69) is 0 Å². The van der Waals surface area contributed by atoms with E-state index in [-0.39, 0.29) is 41.2 Å². The first-order valence-corrected chi connectivity index (χ1v) is 17.8. The number of fused-ring (bicyclic) bond motifs is 3. The first kappa shape index (κ1) is 37.4. The molecule has 15 heteroatoms. The highest BCUT2D eigenvalue weighted by Crippen LogP contribution is 2.52. The minimum atomic E-state index is -2.79. The zero-order valence-corrected chi connectivity index (χ0v) is 29.3. The zero-order valence-electron chi connectivity index (χ0n) is 29.3. The molecule has 1 aromatic rings. The number of aliphatic hydroxyl groups is 6. The first-order chi connectivity index (χ1) is 24.3. The fourth-order valence-corrected chi connectivity index (χ4v) is 8.65. The van der Waals surface area contributed by atoms with E-state index in [1.807, 2.05) is 6.92 Å². The highest BCUT2D eigenvalue weighted by Gasteiger charge is 2.66. The number of aliphatic hydroxyl groups excluding tert-OH is 3. The standard InChI is InChI=1S/C37H46O15/c1-15-22(51-27-11-21(38)30(40)16(2)50-27)7-8-26(49-15)52-24-12-23(48-17(3)31(24)41)18-5-6-19-28(32(18)42)33(43)20-9-10-36(46)14-35(4,45)13-25(39)37(36,47)29(20)34(19)44/h5-6,9-10,15-17,21-24,26-27,30-31,38,40-42,45-47H,7-8,11-14H2,1-4H3. The van der Waals surface area contributed by atoms with Crippen molar-refractivity contribution in [2.45, 2.75) is 151 Å². The van der Waals surface area contributed by atoms with Crippen molar-refractivity contribution >= 4 is 17.3 Å². The number of phenolic OH excluding ortho intramolecular Hbond substituents is 1. The number of ether oxygens (including phenoxy) is 5. The second-order valence-corrected chi connectivity index (χ2v) is 15.4. The van der Waals surface area contributed by atoms with E-state index in [4.69, 9.17) is 23.7 Å². The Kier molecular flexibility index (Phi) is 9.44. The average molecular weight is 731 g/mol. The Morgan fingerprint density at radius 1 is 0.808 bits per heavy atom. The molecule has 0 aromatic heterocycles. The molecule has 3 saturated heterocycles. The SMILES string of the molecule is CC1OC(OC2CC(c3ccc4c(c3O)C(=O)C3=C(C4=O)C4(O)C(=O)CC(C)(O)CC4(O)C=C3)OC(C)C2O)CCC1OC1CC(O)C(O)C(C)O1. The van der Waals surface area contributed by atoms with Crippen LogP contribution in [0.4, 0.5) is 0 Å². The Hall–Kier alpha value is -2.93. The summed E-state index contributed by atoms with van der Waals surface area (Å²) in [4.78, 5) is 41.1. The third-order valence-electron chi connectivity index (χ3n) is 11.5. The predicted octanol–water partition coefficient (Wildman–Crippen LogP) is 0.577. The number of carbonyl (C=O) groups excluding carboxylic acids is 3. The summed E-state index contributed by atoms with van der Waals surface area (Å²) in [5.41, 5.74) is -8.26. The number of aromatic hydroxyl groups is 1. The van der Waals surface area contributed by atoms with Crippen LogP contribution in [0.2, 0.25) is 0 Å². The van der Waals surface area contributed by atoms with Gasteiger partial charge >= 0.3 is 0 Å². The van der Waals surface area contributed by atoms with Crippen LogP contribution >= 0.6 is 0 Å². The fraction of sp³-hybridized carbons (Fsp3) is 0.649. The fourth-order valence-electron chi connectivity index (χ4n) is 8.65. The molecule has 3 aliphatic heterocycles. The molecular weight excluding hydrogens is 684 g/mol. The van der Waals surface area contributed by atoms with Crippen LogP contribution in [0, 0.1) is 0 Å². The topological polar surface area (TPSA) is 239 Å². The summed E-state index contributed by atoms with van der Waals surface area (Å²) in [6, 6.07) is 2.68. The molecule has 1 aromatic carbocycles. The lowest BCUT2D eigenvalue weighted by Crippen LogP contribution is -2.69. The van der Waals surface area contributed by atoms with Crippen LogP contribution in [-0.2, 0) is 28.5 Å². The molecule has 52 heavy (non-hydrogen) atoms. The minimum Gasteiger partial charge on any atom is -0.507 e. The Morgan fingerprint density at radius 3 is 2.17 bits per heavy atom. The number of hydrogen-bond donors (Lipinski definition) is 7. The molecule has 3 heterocycles. The van der Waals surface area contributed by atoms with Crippen molar-refractivity contribution in [2.24, 2.45) is 0 Å². The second kappa shape index (κ2) is 13.1. The lowest BCUT2D eigenvalue weighted by molar-refractivity contribution is -0.306. The van der Waals surface area contributed by atoms with Gasteiger partial charge in [0.1, 0.15) is 23.6 Å². The molecule has 0 radical (unpaired) electrons. The molecule has 7 rings (SSSR count). The van der Waals surface area contributed by atoms with E-state index in [1.54, 1.807) is 13.8 Å². The maximum Gasteiger partial charge on any atom is 0.198 e. The van der Waals surface area contributed by atoms with Crippen LogP contribution in [0.3, 0.4) is 0 Å². The highest BCUT2D eigenvalue weighted by atomic mass is 16.7. The van der Waals surface area contributed by atoms with Crippen LogP contribution in [0.1, 0.15) is 98.6 Å². The Balaban J connectivity index is 1.07. The summed E-state index contributed by atoms with van der Waals surface area (Å²) in [6.07, 6.45) is -6.22. The highest BCUT2D eigenvalue weighted by molar-refractivity contribution is 6.32. The van der Waals surface area contributed by atoms with Gasteiger partial charge in [0.2, 0.25) is 0 Å². The molecule has 14 unspecified atom stereocenters. The van der Waals surface area contributed by atoms with E-state index in [9.17, 15) is 50.1 Å². The number of phenols is 1.